The van der Waals surface area contributed by atoms with Crippen LogP contribution in [0.5, 0.6) is 0 Å². The Hall–Kier alpha value is -2.08. The number of piperidine rings is 1. The van der Waals surface area contributed by atoms with E-state index in [4.69, 9.17) is 0 Å². The second-order valence-corrected chi connectivity index (χ2v) is 7.02. The van der Waals surface area contributed by atoms with Crippen molar-refractivity contribution in [1.82, 2.24) is 19.4 Å². The van der Waals surface area contributed by atoms with E-state index in [1.54, 1.807) is 4.57 Å². The Balaban J connectivity index is 1.63. The number of carbonyl (C=O) groups is 1. The van der Waals surface area contributed by atoms with Gasteiger partial charge in [-0.1, -0.05) is 12.1 Å². The van der Waals surface area contributed by atoms with Crippen molar-refractivity contribution < 1.29 is 4.79 Å². The normalized spacial score (nSPS) is 26.8. The van der Waals surface area contributed by atoms with Gasteiger partial charge in [0.2, 0.25) is 0 Å². The van der Waals surface area contributed by atoms with Crippen LogP contribution in [-0.4, -0.2) is 45.2 Å². The lowest BCUT2D eigenvalue weighted by Gasteiger charge is -2.36. The van der Waals surface area contributed by atoms with Gasteiger partial charge in [0.25, 0.3) is 0 Å². The Kier molecular flexibility index (Phi) is 3.72. The first-order valence-corrected chi connectivity index (χ1v) is 8.83. The molecule has 0 aliphatic carbocycles. The van der Waals surface area contributed by atoms with Gasteiger partial charge < -0.3 is 10.2 Å². The number of nitrogens with one attached hydrogen (secondary N) is 1. The molecule has 2 aromatic rings. The van der Waals surface area contributed by atoms with E-state index in [0.717, 1.165) is 18.4 Å². The van der Waals surface area contributed by atoms with Crippen molar-refractivity contribution in [3.8, 4) is 0 Å². The maximum atomic E-state index is 12.8. The highest BCUT2D eigenvalue weighted by Crippen LogP contribution is 2.34. The standard InChI is InChI=1S/C18H24N4O2/c1-3-21-15-6-4-5-7-16(15)22(18(21)24)17(23)19-12-10-13-8-9-14(11-12)20(13)2/h4-7,12-14H,3,8-11H2,1-2H3,(H,19,23)/t12-,13+,14-. The maximum absolute atomic E-state index is 12.8. The number of aryl methyl sites for hydroxylation is 1. The number of para-hydroxylation sites is 2. The van der Waals surface area contributed by atoms with E-state index in [1.165, 1.54) is 17.4 Å². The van der Waals surface area contributed by atoms with E-state index in [-0.39, 0.29) is 17.8 Å². The molecule has 1 aromatic heterocycles. The molecule has 4 rings (SSSR count). The fourth-order valence-corrected chi connectivity index (χ4v) is 4.48. The van der Waals surface area contributed by atoms with Crippen LogP contribution in [0.25, 0.3) is 11.0 Å². The molecular weight excluding hydrogens is 304 g/mol. The third-order valence-electron chi connectivity index (χ3n) is 5.78. The van der Waals surface area contributed by atoms with Crippen LogP contribution in [0.1, 0.15) is 32.6 Å². The molecule has 3 heterocycles. The van der Waals surface area contributed by atoms with Crippen LogP contribution in [0.4, 0.5) is 4.79 Å². The maximum Gasteiger partial charge on any atom is 0.337 e. The Labute approximate surface area is 141 Å². The van der Waals surface area contributed by atoms with E-state index < -0.39 is 0 Å². The Bertz CT molecular complexity index is 823. The number of aromatic nitrogens is 2. The lowest BCUT2D eigenvalue weighted by Crippen LogP contribution is -2.50. The van der Waals surface area contributed by atoms with Gasteiger partial charge in [-0.25, -0.2) is 14.2 Å². The van der Waals surface area contributed by atoms with Gasteiger partial charge in [-0.3, -0.25) is 4.57 Å². The van der Waals surface area contributed by atoms with Gasteiger partial charge in [0.15, 0.2) is 0 Å². The Morgan fingerprint density at radius 1 is 1.17 bits per heavy atom. The molecule has 2 saturated heterocycles. The van der Waals surface area contributed by atoms with Crippen LogP contribution in [0.15, 0.2) is 29.1 Å². The molecule has 1 amide bonds. The average Bonchev–Trinajstić information content (AvgIpc) is 2.95. The lowest BCUT2D eigenvalue weighted by atomic mass is 9.98. The topological polar surface area (TPSA) is 59.3 Å². The summed E-state index contributed by atoms with van der Waals surface area (Å²) < 4.78 is 2.94. The predicted octanol–water partition coefficient (Wildman–Crippen LogP) is 2.01. The van der Waals surface area contributed by atoms with Crippen LogP contribution >= 0.6 is 0 Å². The lowest BCUT2D eigenvalue weighted by molar-refractivity contribution is 0.149. The third kappa shape index (κ3) is 2.28. The molecule has 2 aliphatic rings. The Morgan fingerprint density at radius 2 is 1.79 bits per heavy atom. The largest absolute Gasteiger partial charge is 0.337 e. The van der Waals surface area contributed by atoms with E-state index in [0.29, 0.717) is 24.1 Å². The summed E-state index contributed by atoms with van der Waals surface area (Å²) in [6, 6.07) is 8.46. The van der Waals surface area contributed by atoms with Gasteiger partial charge in [-0.2, -0.15) is 0 Å². The smallest absolute Gasteiger partial charge is 0.334 e. The van der Waals surface area contributed by atoms with Crippen LogP contribution in [0.3, 0.4) is 0 Å². The molecule has 0 saturated carbocycles. The molecule has 128 valence electrons. The first-order valence-electron chi connectivity index (χ1n) is 8.83. The number of amides is 1. The quantitative estimate of drug-likeness (QED) is 0.917. The van der Waals surface area contributed by atoms with Gasteiger partial charge in [0.05, 0.1) is 11.0 Å². The molecule has 0 unspecified atom stereocenters. The minimum Gasteiger partial charge on any atom is -0.334 e. The molecule has 1 N–H and O–H groups in total. The van der Waals surface area contributed by atoms with Crippen molar-refractivity contribution in [2.45, 2.75) is 57.3 Å². The fraction of sp³-hybridized carbons (Fsp3) is 0.556. The summed E-state index contributed by atoms with van der Waals surface area (Å²) in [4.78, 5) is 27.9. The number of hydrogen-bond donors (Lipinski definition) is 1. The van der Waals surface area contributed by atoms with Crippen molar-refractivity contribution in [2.75, 3.05) is 7.05 Å². The minimum atomic E-state index is -0.294. The highest BCUT2D eigenvalue weighted by molar-refractivity contribution is 5.89. The zero-order valence-corrected chi connectivity index (χ0v) is 14.2. The first kappa shape index (κ1) is 15.4. The van der Waals surface area contributed by atoms with Crippen molar-refractivity contribution in [3.05, 3.63) is 34.7 Å². The van der Waals surface area contributed by atoms with Crippen LogP contribution < -0.4 is 11.0 Å². The summed E-state index contributed by atoms with van der Waals surface area (Å²) in [6.07, 6.45) is 4.37. The van der Waals surface area contributed by atoms with Gasteiger partial charge in [0.1, 0.15) is 0 Å². The van der Waals surface area contributed by atoms with Crippen LogP contribution in [0.2, 0.25) is 0 Å². The van der Waals surface area contributed by atoms with Crippen molar-refractivity contribution in [2.24, 2.45) is 0 Å². The van der Waals surface area contributed by atoms with E-state index in [9.17, 15) is 9.59 Å². The van der Waals surface area contributed by atoms with Crippen LogP contribution in [-0.2, 0) is 6.54 Å². The predicted molar refractivity (Wildman–Crippen MR) is 93.4 cm³/mol. The Morgan fingerprint density at radius 3 is 2.42 bits per heavy atom. The number of imidazole rings is 1. The summed E-state index contributed by atoms with van der Waals surface area (Å²) >= 11 is 0. The molecule has 2 aliphatic heterocycles. The SMILES string of the molecule is CCn1c(=O)n(C(=O)N[C@H]2C[C@H]3CC[C@@H](C2)N3C)c2ccccc21. The zero-order valence-electron chi connectivity index (χ0n) is 14.2. The average molecular weight is 328 g/mol. The fourth-order valence-electron chi connectivity index (χ4n) is 4.48. The van der Waals surface area contributed by atoms with Crippen molar-refractivity contribution in [1.29, 1.82) is 0 Å². The minimum absolute atomic E-state index is 0.154. The van der Waals surface area contributed by atoms with Crippen LogP contribution in [0, 0.1) is 0 Å². The molecule has 3 atom stereocenters. The number of fused-ring (bicyclic) bond motifs is 3. The number of nitrogens with zero attached hydrogens (tertiary/aromatic N) is 3. The molecule has 2 fully saturated rings. The number of benzene rings is 1. The number of hydrogen-bond acceptors (Lipinski definition) is 3. The highest BCUT2D eigenvalue weighted by Gasteiger charge is 2.39. The molecule has 6 nitrogen and oxygen atoms in total. The highest BCUT2D eigenvalue weighted by atomic mass is 16.2. The summed E-state index contributed by atoms with van der Waals surface area (Å²) in [7, 11) is 2.18. The summed E-state index contributed by atoms with van der Waals surface area (Å²) in [5.74, 6) is 0. The van der Waals surface area contributed by atoms with Gasteiger partial charge in [-0.15, -0.1) is 0 Å². The third-order valence-corrected chi connectivity index (χ3v) is 5.78. The summed E-state index contributed by atoms with van der Waals surface area (Å²) in [5.41, 5.74) is 1.23. The van der Waals surface area contributed by atoms with E-state index in [1.807, 2.05) is 31.2 Å². The van der Waals surface area contributed by atoms with Crippen molar-refractivity contribution in [3.63, 3.8) is 0 Å². The summed E-state index contributed by atoms with van der Waals surface area (Å²) in [5, 5.41) is 3.11. The molecule has 0 radical (unpaired) electrons. The first-order chi connectivity index (χ1) is 11.6. The molecular formula is C18H24N4O2. The second-order valence-electron chi connectivity index (χ2n) is 7.02. The monoisotopic (exact) mass is 328 g/mol. The van der Waals surface area contributed by atoms with E-state index in [2.05, 4.69) is 17.3 Å². The molecule has 6 heteroatoms. The van der Waals surface area contributed by atoms with Gasteiger partial charge in [0, 0.05) is 24.7 Å². The molecule has 0 spiro atoms. The zero-order chi connectivity index (χ0) is 16.8. The van der Waals surface area contributed by atoms with E-state index >= 15 is 0 Å². The molecule has 24 heavy (non-hydrogen) atoms. The molecule has 2 bridgehead atoms. The number of rotatable bonds is 2. The second kappa shape index (κ2) is 5.77. The summed E-state index contributed by atoms with van der Waals surface area (Å²) in [6.45, 7) is 2.47. The van der Waals surface area contributed by atoms with Gasteiger partial charge >= 0.3 is 11.7 Å². The number of carbonyl (C=O) groups excluding carboxylic acids is 1. The van der Waals surface area contributed by atoms with Crippen molar-refractivity contribution >= 4 is 17.1 Å². The van der Waals surface area contributed by atoms with Gasteiger partial charge in [-0.05, 0) is 51.8 Å². The molecule has 1 aromatic carbocycles.